The molecule has 1 aromatic rings. The monoisotopic (exact) mass is 235 g/mol. The van der Waals surface area contributed by atoms with Crippen LogP contribution in [0.25, 0.3) is 0 Å². The third-order valence-corrected chi connectivity index (χ3v) is 5.16. The van der Waals surface area contributed by atoms with Crippen molar-refractivity contribution in [2.45, 2.75) is 31.7 Å². The van der Waals surface area contributed by atoms with Crippen LogP contribution in [0.5, 0.6) is 0 Å². The number of carbonyl (C=O) groups is 1. The molecule has 2 aliphatic carbocycles. The van der Waals surface area contributed by atoms with Gasteiger partial charge in [0.25, 0.3) is 0 Å². The Morgan fingerprint density at radius 1 is 1.44 bits per heavy atom. The number of ketones is 1. The first-order chi connectivity index (χ1) is 7.75. The molecular weight excluding hydrogens is 218 g/mol. The number of rotatable bonds is 3. The lowest BCUT2D eigenvalue weighted by atomic mass is 9.81. The molecule has 2 nitrogen and oxygen atoms in total. The topological polar surface area (TPSA) is 43.1 Å². The Kier molecular flexibility index (Phi) is 2.60. The molecule has 2 aliphatic rings. The molecule has 4 unspecified atom stereocenters. The van der Waals surface area contributed by atoms with E-state index in [4.69, 9.17) is 5.73 Å². The molecule has 3 rings (SSSR count). The summed E-state index contributed by atoms with van der Waals surface area (Å²) in [6.45, 7) is 0. The number of hydrogen-bond donors (Lipinski definition) is 1. The average molecular weight is 235 g/mol. The smallest absolute Gasteiger partial charge is 0.142 e. The minimum Gasteiger partial charge on any atom is -0.327 e. The van der Waals surface area contributed by atoms with E-state index in [-0.39, 0.29) is 12.0 Å². The highest BCUT2D eigenvalue weighted by Crippen LogP contribution is 2.48. The summed E-state index contributed by atoms with van der Waals surface area (Å²) in [5.41, 5.74) is 6.18. The number of thiophene rings is 1. The molecule has 1 heterocycles. The fourth-order valence-electron chi connectivity index (χ4n) is 3.52. The number of fused-ring (bicyclic) bond motifs is 2. The maximum absolute atomic E-state index is 12.2. The largest absolute Gasteiger partial charge is 0.327 e. The molecular formula is C13H17NOS. The fraction of sp³-hybridized carbons (Fsp3) is 0.615. The van der Waals surface area contributed by atoms with E-state index >= 15 is 0 Å². The second-order valence-corrected chi connectivity index (χ2v) is 6.19. The minimum atomic E-state index is 0.145. The van der Waals surface area contributed by atoms with E-state index in [0.29, 0.717) is 24.0 Å². The van der Waals surface area contributed by atoms with Crippen molar-refractivity contribution in [3.05, 3.63) is 22.4 Å². The lowest BCUT2D eigenvalue weighted by molar-refractivity contribution is -0.124. The van der Waals surface area contributed by atoms with Crippen LogP contribution in [0, 0.1) is 17.8 Å². The third kappa shape index (κ3) is 1.62. The first-order valence-corrected chi connectivity index (χ1v) is 6.94. The molecule has 2 saturated carbocycles. The summed E-state index contributed by atoms with van der Waals surface area (Å²) in [7, 11) is 0. The summed E-state index contributed by atoms with van der Waals surface area (Å²) in [5, 5.41) is 2.03. The Morgan fingerprint density at radius 2 is 2.25 bits per heavy atom. The van der Waals surface area contributed by atoms with Gasteiger partial charge < -0.3 is 5.73 Å². The van der Waals surface area contributed by atoms with Crippen molar-refractivity contribution < 1.29 is 4.79 Å². The van der Waals surface area contributed by atoms with E-state index in [1.165, 1.54) is 24.1 Å². The SMILES string of the molecule is NC1C2CCC(C2)C1C(=O)Cc1cccs1. The van der Waals surface area contributed by atoms with Crippen molar-refractivity contribution in [1.29, 1.82) is 0 Å². The number of Topliss-reactive ketones (excluding diaryl/α,β-unsaturated/α-hetero) is 1. The van der Waals surface area contributed by atoms with Crippen LogP contribution in [0.4, 0.5) is 0 Å². The fourth-order valence-corrected chi connectivity index (χ4v) is 4.23. The quantitative estimate of drug-likeness (QED) is 0.873. The molecule has 2 fully saturated rings. The Bertz CT molecular complexity index is 385. The predicted molar refractivity (Wildman–Crippen MR) is 65.3 cm³/mol. The molecule has 2 N–H and O–H groups in total. The highest BCUT2D eigenvalue weighted by Gasteiger charge is 2.48. The van der Waals surface area contributed by atoms with Gasteiger partial charge in [-0.15, -0.1) is 11.3 Å². The molecule has 86 valence electrons. The third-order valence-electron chi connectivity index (χ3n) is 4.28. The van der Waals surface area contributed by atoms with Gasteiger partial charge in [0.1, 0.15) is 5.78 Å². The maximum atomic E-state index is 12.2. The van der Waals surface area contributed by atoms with Crippen LogP contribution in [-0.4, -0.2) is 11.8 Å². The predicted octanol–water partition coefficient (Wildman–Crippen LogP) is 2.23. The van der Waals surface area contributed by atoms with Crippen molar-refractivity contribution in [3.8, 4) is 0 Å². The van der Waals surface area contributed by atoms with Gasteiger partial charge in [0.05, 0.1) is 0 Å². The summed E-state index contributed by atoms with van der Waals surface area (Å²) < 4.78 is 0. The van der Waals surface area contributed by atoms with Crippen LogP contribution in [-0.2, 0) is 11.2 Å². The standard InChI is InChI=1S/C13H17NOS/c14-13-9-4-3-8(6-9)12(13)11(15)7-10-2-1-5-16-10/h1-2,5,8-9,12-13H,3-4,6-7,14H2. The number of carbonyl (C=O) groups excluding carboxylic acids is 1. The lowest BCUT2D eigenvalue weighted by Crippen LogP contribution is -2.40. The van der Waals surface area contributed by atoms with Crippen molar-refractivity contribution in [3.63, 3.8) is 0 Å². The van der Waals surface area contributed by atoms with E-state index in [1.807, 2.05) is 17.5 Å². The van der Waals surface area contributed by atoms with E-state index in [1.54, 1.807) is 11.3 Å². The van der Waals surface area contributed by atoms with Crippen LogP contribution in [0.3, 0.4) is 0 Å². The zero-order valence-corrected chi connectivity index (χ0v) is 10.1. The number of hydrogen-bond acceptors (Lipinski definition) is 3. The van der Waals surface area contributed by atoms with E-state index in [9.17, 15) is 4.79 Å². The van der Waals surface area contributed by atoms with E-state index in [2.05, 4.69) is 0 Å². The zero-order valence-electron chi connectivity index (χ0n) is 9.26. The first kappa shape index (κ1) is 10.5. The van der Waals surface area contributed by atoms with Gasteiger partial charge in [-0.05, 0) is 42.5 Å². The summed E-state index contributed by atoms with van der Waals surface area (Å²) in [4.78, 5) is 13.4. The van der Waals surface area contributed by atoms with Crippen molar-refractivity contribution in [2.75, 3.05) is 0 Å². The van der Waals surface area contributed by atoms with Gasteiger partial charge in [-0.2, -0.15) is 0 Å². The highest BCUT2D eigenvalue weighted by molar-refractivity contribution is 7.10. The van der Waals surface area contributed by atoms with Crippen molar-refractivity contribution >= 4 is 17.1 Å². The first-order valence-electron chi connectivity index (χ1n) is 6.06. The molecule has 0 spiro atoms. The molecule has 1 aromatic heterocycles. The Labute approximate surface area is 99.8 Å². The summed E-state index contributed by atoms with van der Waals surface area (Å²) >= 11 is 1.67. The summed E-state index contributed by atoms with van der Waals surface area (Å²) in [6.07, 6.45) is 4.26. The van der Waals surface area contributed by atoms with E-state index in [0.717, 1.165) is 0 Å². The zero-order chi connectivity index (χ0) is 11.1. The molecule has 0 saturated heterocycles. The van der Waals surface area contributed by atoms with E-state index < -0.39 is 0 Å². The van der Waals surface area contributed by atoms with Crippen LogP contribution < -0.4 is 5.73 Å². The molecule has 16 heavy (non-hydrogen) atoms. The molecule has 4 atom stereocenters. The Hall–Kier alpha value is -0.670. The Balaban J connectivity index is 1.71. The maximum Gasteiger partial charge on any atom is 0.142 e. The van der Waals surface area contributed by atoms with Gasteiger partial charge in [-0.25, -0.2) is 0 Å². The number of nitrogens with two attached hydrogens (primary N) is 1. The Morgan fingerprint density at radius 3 is 2.88 bits per heavy atom. The van der Waals surface area contributed by atoms with Gasteiger partial charge in [0.15, 0.2) is 0 Å². The minimum absolute atomic E-state index is 0.145. The summed E-state index contributed by atoms with van der Waals surface area (Å²) in [5.74, 6) is 1.75. The van der Waals surface area contributed by atoms with Crippen LogP contribution >= 0.6 is 11.3 Å². The lowest BCUT2D eigenvalue weighted by Gasteiger charge is -2.26. The molecule has 3 heteroatoms. The molecule has 0 radical (unpaired) electrons. The molecule has 0 amide bonds. The van der Waals surface area contributed by atoms with Crippen LogP contribution in [0.2, 0.25) is 0 Å². The van der Waals surface area contributed by atoms with Gasteiger partial charge in [0.2, 0.25) is 0 Å². The van der Waals surface area contributed by atoms with Crippen molar-refractivity contribution in [1.82, 2.24) is 0 Å². The van der Waals surface area contributed by atoms with Gasteiger partial charge in [0, 0.05) is 23.3 Å². The van der Waals surface area contributed by atoms with Crippen LogP contribution in [0.15, 0.2) is 17.5 Å². The normalized spacial score (nSPS) is 36.8. The second kappa shape index (κ2) is 3.97. The molecule has 2 bridgehead atoms. The van der Waals surface area contributed by atoms with Crippen LogP contribution in [0.1, 0.15) is 24.1 Å². The van der Waals surface area contributed by atoms with Gasteiger partial charge in [-0.1, -0.05) is 6.07 Å². The van der Waals surface area contributed by atoms with Crippen molar-refractivity contribution in [2.24, 2.45) is 23.5 Å². The molecule has 0 aliphatic heterocycles. The molecule has 0 aromatic carbocycles. The highest BCUT2D eigenvalue weighted by atomic mass is 32.1. The van der Waals surface area contributed by atoms with Gasteiger partial charge >= 0.3 is 0 Å². The van der Waals surface area contributed by atoms with Gasteiger partial charge in [-0.3, -0.25) is 4.79 Å². The average Bonchev–Trinajstić information content (AvgIpc) is 2.92. The summed E-state index contributed by atoms with van der Waals surface area (Å²) in [6, 6.07) is 4.20. The second-order valence-electron chi connectivity index (χ2n) is 5.16.